The van der Waals surface area contributed by atoms with Crippen LogP contribution in [0.3, 0.4) is 0 Å². The van der Waals surface area contributed by atoms with Gasteiger partial charge in [0.2, 0.25) is 0 Å². The lowest BCUT2D eigenvalue weighted by atomic mass is 9.95. The van der Waals surface area contributed by atoms with Crippen molar-refractivity contribution in [3.63, 3.8) is 0 Å². The monoisotopic (exact) mass is 364 g/mol. The zero-order valence-corrected chi connectivity index (χ0v) is 15.8. The Morgan fingerprint density at radius 3 is 2.11 bits per heavy atom. The van der Waals surface area contributed by atoms with E-state index in [1.165, 1.54) is 32.4 Å². The number of hydrogen-bond acceptors (Lipinski definition) is 3. The normalized spacial score (nSPS) is 23.4. The molecule has 0 spiro atoms. The number of piperidine rings is 1. The Bertz CT molecular complexity index is 729. The van der Waals surface area contributed by atoms with Crippen LogP contribution in [0.1, 0.15) is 49.0 Å². The third-order valence-electron chi connectivity index (χ3n) is 5.68. The van der Waals surface area contributed by atoms with Crippen LogP contribution in [0.2, 0.25) is 0 Å². The number of amides is 1. The Kier molecular flexibility index (Phi) is 5.73. The van der Waals surface area contributed by atoms with Gasteiger partial charge in [0.25, 0.3) is 0 Å². The van der Waals surface area contributed by atoms with Crippen molar-refractivity contribution in [2.24, 2.45) is 0 Å². The highest BCUT2D eigenvalue weighted by Crippen LogP contribution is 2.42. The van der Waals surface area contributed by atoms with Crippen LogP contribution in [0.5, 0.6) is 0 Å². The van der Waals surface area contributed by atoms with Crippen molar-refractivity contribution < 1.29 is 9.53 Å². The summed E-state index contributed by atoms with van der Waals surface area (Å²) in [5.74, 6) is 0. The lowest BCUT2D eigenvalue weighted by Crippen LogP contribution is -2.34. The molecule has 0 saturated carbocycles. The summed E-state index contributed by atoms with van der Waals surface area (Å²) in [6.45, 7) is 4.18. The molecule has 0 aromatic heterocycles. The van der Waals surface area contributed by atoms with Crippen molar-refractivity contribution in [2.45, 2.75) is 37.8 Å². The summed E-state index contributed by atoms with van der Waals surface area (Å²) < 4.78 is 5.84. The Morgan fingerprint density at radius 1 is 0.815 bits per heavy atom. The second-order valence-electron chi connectivity index (χ2n) is 7.52. The molecule has 0 N–H and O–H groups in total. The largest absolute Gasteiger partial charge is 0.439 e. The molecule has 2 aromatic carbocycles. The van der Waals surface area contributed by atoms with Gasteiger partial charge in [0, 0.05) is 6.54 Å². The molecule has 142 valence electrons. The lowest BCUT2D eigenvalue weighted by molar-refractivity contribution is 0.129. The van der Waals surface area contributed by atoms with Gasteiger partial charge >= 0.3 is 6.09 Å². The zero-order valence-electron chi connectivity index (χ0n) is 15.8. The van der Waals surface area contributed by atoms with Gasteiger partial charge in [-0.1, -0.05) is 67.1 Å². The summed E-state index contributed by atoms with van der Waals surface area (Å²) in [5, 5.41) is 0. The summed E-state index contributed by atoms with van der Waals surface area (Å²) in [7, 11) is 0. The number of carbonyl (C=O) groups excluding carboxylic acids is 1. The van der Waals surface area contributed by atoms with E-state index in [4.69, 9.17) is 4.74 Å². The highest BCUT2D eigenvalue weighted by molar-refractivity contribution is 5.71. The van der Waals surface area contributed by atoms with Crippen LogP contribution in [0, 0.1) is 0 Å². The van der Waals surface area contributed by atoms with Crippen LogP contribution in [0.15, 0.2) is 60.7 Å². The van der Waals surface area contributed by atoms with Crippen LogP contribution in [0.25, 0.3) is 0 Å². The summed E-state index contributed by atoms with van der Waals surface area (Å²) >= 11 is 0. The molecule has 1 amide bonds. The summed E-state index contributed by atoms with van der Waals surface area (Å²) in [4.78, 5) is 17.2. The van der Waals surface area contributed by atoms with Crippen molar-refractivity contribution in [3.8, 4) is 0 Å². The van der Waals surface area contributed by atoms with Crippen molar-refractivity contribution in [1.82, 2.24) is 9.80 Å². The number of ether oxygens (including phenoxy) is 1. The first-order valence-electron chi connectivity index (χ1n) is 10.1. The van der Waals surface area contributed by atoms with Gasteiger partial charge in [0.1, 0.15) is 6.04 Å². The minimum Gasteiger partial charge on any atom is -0.439 e. The molecule has 2 heterocycles. The minimum atomic E-state index is -0.254. The summed E-state index contributed by atoms with van der Waals surface area (Å²) in [5.41, 5.74) is 2.19. The number of hydrogen-bond donors (Lipinski definition) is 0. The van der Waals surface area contributed by atoms with Crippen molar-refractivity contribution in [2.75, 3.05) is 26.2 Å². The number of nitrogens with zero attached hydrogens (tertiary/aromatic N) is 2. The van der Waals surface area contributed by atoms with Crippen LogP contribution >= 0.6 is 0 Å². The van der Waals surface area contributed by atoms with E-state index in [2.05, 4.69) is 17.0 Å². The summed E-state index contributed by atoms with van der Waals surface area (Å²) in [6, 6.07) is 20.3. The molecule has 0 bridgehead atoms. The smallest absolute Gasteiger partial charge is 0.411 e. The SMILES string of the molecule is O=C1OC(c2ccccc2)C(c2ccccc2)N1CCCN1CCCCC1. The van der Waals surface area contributed by atoms with Gasteiger partial charge in [-0.05, 0) is 50.0 Å². The fourth-order valence-corrected chi connectivity index (χ4v) is 4.29. The van der Waals surface area contributed by atoms with E-state index >= 15 is 0 Å². The van der Waals surface area contributed by atoms with E-state index in [0.717, 1.165) is 30.6 Å². The third kappa shape index (κ3) is 4.16. The standard InChI is InChI=1S/C23H28N2O2/c26-23-25(18-10-17-24-15-8-3-9-16-24)21(19-11-4-1-5-12-19)22(27-23)20-13-6-2-7-14-20/h1-2,4-7,11-14,21-22H,3,8-10,15-18H2. The number of likely N-dealkylation sites (tertiary alicyclic amines) is 1. The molecule has 2 unspecified atom stereocenters. The topological polar surface area (TPSA) is 32.8 Å². The molecule has 4 nitrogen and oxygen atoms in total. The van der Waals surface area contributed by atoms with Crippen molar-refractivity contribution >= 4 is 6.09 Å². The first-order chi connectivity index (χ1) is 13.3. The van der Waals surface area contributed by atoms with E-state index in [9.17, 15) is 4.79 Å². The maximum absolute atomic E-state index is 12.7. The lowest BCUT2D eigenvalue weighted by Gasteiger charge is -2.29. The second-order valence-corrected chi connectivity index (χ2v) is 7.52. The van der Waals surface area contributed by atoms with Crippen LogP contribution < -0.4 is 0 Å². The molecule has 0 radical (unpaired) electrons. The molecule has 2 saturated heterocycles. The van der Waals surface area contributed by atoms with Gasteiger partial charge in [-0.25, -0.2) is 4.79 Å². The number of rotatable bonds is 6. The van der Waals surface area contributed by atoms with Crippen LogP contribution in [-0.4, -0.2) is 42.1 Å². The van der Waals surface area contributed by atoms with E-state index in [1.54, 1.807) is 0 Å². The van der Waals surface area contributed by atoms with E-state index in [1.807, 2.05) is 53.4 Å². The number of carbonyl (C=O) groups is 1. The van der Waals surface area contributed by atoms with E-state index in [0.29, 0.717) is 0 Å². The highest BCUT2D eigenvalue weighted by Gasteiger charge is 2.43. The van der Waals surface area contributed by atoms with E-state index in [-0.39, 0.29) is 18.2 Å². The fraction of sp³-hybridized carbons (Fsp3) is 0.435. The third-order valence-corrected chi connectivity index (χ3v) is 5.68. The molecular weight excluding hydrogens is 336 g/mol. The molecule has 2 aromatic rings. The highest BCUT2D eigenvalue weighted by atomic mass is 16.6. The molecule has 0 aliphatic carbocycles. The average Bonchev–Trinajstić information content (AvgIpc) is 3.06. The number of benzene rings is 2. The molecule has 2 aliphatic rings. The van der Waals surface area contributed by atoms with Gasteiger partial charge in [0.15, 0.2) is 6.10 Å². The molecule has 27 heavy (non-hydrogen) atoms. The molecule has 4 rings (SSSR count). The maximum Gasteiger partial charge on any atom is 0.411 e. The fourth-order valence-electron chi connectivity index (χ4n) is 4.29. The first-order valence-corrected chi connectivity index (χ1v) is 10.1. The Hall–Kier alpha value is -2.33. The van der Waals surface area contributed by atoms with Gasteiger partial charge in [-0.3, -0.25) is 4.90 Å². The minimum absolute atomic E-state index is 0.0672. The maximum atomic E-state index is 12.7. The Morgan fingerprint density at radius 2 is 1.44 bits per heavy atom. The molecule has 2 aliphatic heterocycles. The Balaban J connectivity index is 1.50. The Labute approximate surface area is 161 Å². The van der Waals surface area contributed by atoms with Crippen molar-refractivity contribution in [3.05, 3.63) is 71.8 Å². The summed E-state index contributed by atoms with van der Waals surface area (Å²) in [6.07, 6.45) is 4.49. The average molecular weight is 364 g/mol. The predicted octanol–water partition coefficient (Wildman–Crippen LogP) is 4.80. The van der Waals surface area contributed by atoms with Crippen LogP contribution in [-0.2, 0) is 4.74 Å². The number of cyclic esters (lactones) is 1. The van der Waals surface area contributed by atoms with E-state index < -0.39 is 0 Å². The predicted molar refractivity (Wildman–Crippen MR) is 106 cm³/mol. The molecular formula is C23H28N2O2. The second kappa shape index (κ2) is 8.57. The van der Waals surface area contributed by atoms with Crippen LogP contribution in [0.4, 0.5) is 4.79 Å². The molecule has 2 fully saturated rings. The van der Waals surface area contributed by atoms with Gasteiger partial charge < -0.3 is 9.64 Å². The molecule has 2 atom stereocenters. The molecule has 4 heteroatoms. The van der Waals surface area contributed by atoms with Crippen molar-refractivity contribution in [1.29, 1.82) is 0 Å². The van der Waals surface area contributed by atoms with Gasteiger partial charge in [-0.2, -0.15) is 0 Å². The zero-order chi connectivity index (χ0) is 18.5. The van der Waals surface area contributed by atoms with Gasteiger partial charge in [-0.15, -0.1) is 0 Å². The first kappa shape index (κ1) is 18.1. The quantitative estimate of drug-likeness (QED) is 0.738. The van der Waals surface area contributed by atoms with Gasteiger partial charge in [0.05, 0.1) is 0 Å².